The van der Waals surface area contributed by atoms with Crippen molar-refractivity contribution in [2.45, 2.75) is 6.04 Å². The van der Waals surface area contributed by atoms with Crippen molar-refractivity contribution in [2.24, 2.45) is 5.84 Å². The first kappa shape index (κ1) is 13.8. The third kappa shape index (κ3) is 2.86. The summed E-state index contributed by atoms with van der Waals surface area (Å²) in [4.78, 5) is 3.64. The predicted molar refractivity (Wildman–Crippen MR) is 64.7 cm³/mol. The van der Waals surface area contributed by atoms with E-state index in [1.165, 1.54) is 6.20 Å². The molecule has 0 spiro atoms. The van der Waals surface area contributed by atoms with Crippen LogP contribution in [0.1, 0.15) is 17.2 Å². The van der Waals surface area contributed by atoms with Crippen molar-refractivity contribution >= 4 is 11.6 Å². The van der Waals surface area contributed by atoms with Crippen LogP contribution in [0.3, 0.4) is 0 Å². The van der Waals surface area contributed by atoms with Crippen LogP contribution in [-0.4, -0.2) is 4.98 Å². The van der Waals surface area contributed by atoms with Crippen LogP contribution in [-0.2, 0) is 0 Å². The summed E-state index contributed by atoms with van der Waals surface area (Å²) < 4.78 is 40.3. The monoisotopic (exact) mass is 287 g/mol. The third-order valence-electron chi connectivity index (χ3n) is 2.58. The minimum Gasteiger partial charge on any atom is -0.271 e. The van der Waals surface area contributed by atoms with Gasteiger partial charge >= 0.3 is 0 Å². The van der Waals surface area contributed by atoms with Crippen molar-refractivity contribution in [1.29, 1.82) is 0 Å². The third-order valence-corrected chi connectivity index (χ3v) is 2.87. The summed E-state index contributed by atoms with van der Waals surface area (Å²) in [6.07, 6.45) is 2.30. The van der Waals surface area contributed by atoms with Gasteiger partial charge in [0.2, 0.25) is 0 Å². The quantitative estimate of drug-likeness (QED) is 0.518. The molecule has 100 valence electrons. The van der Waals surface area contributed by atoms with Crippen LogP contribution in [0.4, 0.5) is 13.2 Å². The zero-order chi connectivity index (χ0) is 14.0. The lowest BCUT2D eigenvalue weighted by atomic mass is 10.00. The molecule has 0 saturated carbocycles. The SMILES string of the molecule is NNC(c1cncc(F)c1)c1cc(F)c(Cl)cc1F. The van der Waals surface area contributed by atoms with Crippen LogP contribution in [0.25, 0.3) is 0 Å². The lowest BCUT2D eigenvalue weighted by Gasteiger charge is -2.17. The Balaban J connectivity index is 2.51. The van der Waals surface area contributed by atoms with Crippen molar-refractivity contribution in [2.75, 3.05) is 0 Å². The van der Waals surface area contributed by atoms with E-state index in [9.17, 15) is 13.2 Å². The molecule has 19 heavy (non-hydrogen) atoms. The minimum atomic E-state index is -0.935. The normalized spacial score (nSPS) is 12.5. The summed E-state index contributed by atoms with van der Waals surface area (Å²) in [6, 6.07) is 1.94. The molecule has 1 aromatic carbocycles. The fraction of sp³-hybridized carbons (Fsp3) is 0.0833. The summed E-state index contributed by atoms with van der Waals surface area (Å²) in [5, 5.41) is -0.339. The molecule has 0 aliphatic heterocycles. The lowest BCUT2D eigenvalue weighted by Crippen LogP contribution is -2.29. The number of aromatic nitrogens is 1. The predicted octanol–water partition coefficient (Wildman–Crippen LogP) is 2.71. The molecule has 2 rings (SSSR count). The van der Waals surface area contributed by atoms with Crippen LogP contribution in [0.2, 0.25) is 5.02 Å². The van der Waals surface area contributed by atoms with Crippen LogP contribution in [0.15, 0.2) is 30.6 Å². The van der Waals surface area contributed by atoms with Gasteiger partial charge in [-0.25, -0.2) is 18.6 Å². The first-order chi connectivity index (χ1) is 9.02. The van der Waals surface area contributed by atoms with Gasteiger partial charge in [-0.05, 0) is 23.8 Å². The maximum atomic E-state index is 13.8. The molecule has 0 bridgehead atoms. The van der Waals surface area contributed by atoms with E-state index in [4.69, 9.17) is 17.4 Å². The number of pyridine rings is 1. The molecule has 3 nitrogen and oxygen atoms in total. The zero-order valence-corrected chi connectivity index (χ0v) is 10.3. The van der Waals surface area contributed by atoms with Gasteiger partial charge in [0.1, 0.15) is 17.5 Å². The van der Waals surface area contributed by atoms with E-state index in [0.29, 0.717) is 0 Å². The summed E-state index contributed by atoms with van der Waals surface area (Å²) in [7, 11) is 0. The molecular weight excluding hydrogens is 279 g/mol. The Morgan fingerprint density at radius 3 is 2.47 bits per heavy atom. The highest BCUT2D eigenvalue weighted by molar-refractivity contribution is 6.30. The van der Waals surface area contributed by atoms with Gasteiger partial charge in [-0.15, -0.1) is 0 Å². The van der Waals surface area contributed by atoms with E-state index in [1.54, 1.807) is 0 Å². The molecule has 2 aromatic rings. The van der Waals surface area contributed by atoms with Crippen molar-refractivity contribution in [1.82, 2.24) is 10.4 Å². The molecule has 0 radical (unpaired) electrons. The van der Waals surface area contributed by atoms with Gasteiger partial charge in [0, 0.05) is 11.8 Å². The first-order valence-corrected chi connectivity index (χ1v) is 5.61. The summed E-state index contributed by atoms with van der Waals surface area (Å²) in [5.41, 5.74) is 2.47. The second-order valence-electron chi connectivity index (χ2n) is 3.82. The molecule has 7 heteroatoms. The number of rotatable bonds is 3. The van der Waals surface area contributed by atoms with Gasteiger partial charge in [-0.1, -0.05) is 11.6 Å². The van der Waals surface area contributed by atoms with Gasteiger partial charge in [-0.2, -0.15) is 0 Å². The number of nitrogens with zero attached hydrogens (tertiary/aromatic N) is 1. The van der Waals surface area contributed by atoms with E-state index in [-0.39, 0.29) is 16.1 Å². The molecular formula is C12H9ClF3N3. The number of nitrogens with two attached hydrogens (primary N) is 1. The zero-order valence-electron chi connectivity index (χ0n) is 9.50. The Kier molecular flexibility index (Phi) is 4.04. The highest BCUT2D eigenvalue weighted by Crippen LogP contribution is 2.27. The van der Waals surface area contributed by atoms with Gasteiger partial charge in [0.05, 0.1) is 17.3 Å². The Morgan fingerprint density at radius 1 is 1.11 bits per heavy atom. The van der Waals surface area contributed by atoms with Crippen LogP contribution >= 0.6 is 11.6 Å². The van der Waals surface area contributed by atoms with E-state index < -0.39 is 23.5 Å². The van der Waals surface area contributed by atoms with E-state index in [1.807, 2.05) is 0 Å². The minimum absolute atomic E-state index is 0.0863. The van der Waals surface area contributed by atoms with E-state index >= 15 is 0 Å². The maximum absolute atomic E-state index is 13.8. The van der Waals surface area contributed by atoms with Crippen LogP contribution in [0.5, 0.6) is 0 Å². The summed E-state index contributed by atoms with van der Waals surface area (Å²) >= 11 is 5.47. The molecule has 0 aliphatic carbocycles. The highest BCUT2D eigenvalue weighted by Gasteiger charge is 2.19. The highest BCUT2D eigenvalue weighted by atomic mass is 35.5. The molecule has 0 fully saturated rings. The van der Waals surface area contributed by atoms with Gasteiger partial charge < -0.3 is 0 Å². The topological polar surface area (TPSA) is 50.9 Å². The number of nitrogens with one attached hydrogen (secondary N) is 1. The Hall–Kier alpha value is -1.63. The Labute approximate surface area is 112 Å². The number of hydrazine groups is 1. The maximum Gasteiger partial charge on any atom is 0.142 e. The number of benzene rings is 1. The largest absolute Gasteiger partial charge is 0.271 e. The molecule has 0 saturated heterocycles. The second kappa shape index (κ2) is 5.56. The molecule has 1 unspecified atom stereocenters. The van der Waals surface area contributed by atoms with E-state index in [2.05, 4.69) is 10.4 Å². The Bertz CT molecular complexity index is 607. The fourth-order valence-electron chi connectivity index (χ4n) is 1.71. The van der Waals surface area contributed by atoms with Crippen molar-refractivity contribution < 1.29 is 13.2 Å². The van der Waals surface area contributed by atoms with Crippen molar-refractivity contribution in [3.05, 3.63) is 64.2 Å². The first-order valence-electron chi connectivity index (χ1n) is 5.24. The van der Waals surface area contributed by atoms with Crippen LogP contribution < -0.4 is 11.3 Å². The smallest absolute Gasteiger partial charge is 0.142 e. The standard InChI is InChI=1S/C12H9ClF3N3/c13-9-3-10(15)8(2-11(9)16)12(19-17)6-1-7(14)5-18-4-6/h1-5,12,19H,17H2. The van der Waals surface area contributed by atoms with Gasteiger partial charge in [-0.3, -0.25) is 10.8 Å². The average Bonchev–Trinajstić information content (AvgIpc) is 2.36. The van der Waals surface area contributed by atoms with Crippen molar-refractivity contribution in [3.63, 3.8) is 0 Å². The molecule has 1 atom stereocenters. The Morgan fingerprint density at radius 2 is 1.84 bits per heavy atom. The van der Waals surface area contributed by atoms with Gasteiger partial charge in [0.25, 0.3) is 0 Å². The molecule has 3 N–H and O–H groups in total. The molecule has 1 heterocycles. The molecule has 0 amide bonds. The number of hydrogen-bond donors (Lipinski definition) is 2. The van der Waals surface area contributed by atoms with Gasteiger partial charge in [0.15, 0.2) is 0 Å². The fourth-order valence-corrected chi connectivity index (χ4v) is 1.86. The summed E-state index contributed by atoms with van der Waals surface area (Å²) in [6.45, 7) is 0. The second-order valence-corrected chi connectivity index (χ2v) is 4.23. The molecule has 0 aliphatic rings. The van der Waals surface area contributed by atoms with E-state index in [0.717, 1.165) is 24.4 Å². The summed E-state index contributed by atoms with van der Waals surface area (Å²) in [5.74, 6) is 3.18. The lowest BCUT2D eigenvalue weighted by molar-refractivity contribution is 0.541. The average molecular weight is 288 g/mol. The number of halogens is 4. The molecule has 1 aromatic heterocycles. The van der Waals surface area contributed by atoms with Crippen LogP contribution in [0, 0.1) is 17.5 Å². The van der Waals surface area contributed by atoms with Crippen molar-refractivity contribution in [3.8, 4) is 0 Å². The number of hydrogen-bond acceptors (Lipinski definition) is 3.